The van der Waals surface area contributed by atoms with Crippen molar-refractivity contribution in [2.75, 3.05) is 10.7 Å². The molecule has 4 aromatic rings. The lowest BCUT2D eigenvalue weighted by molar-refractivity contribution is -0.155. The van der Waals surface area contributed by atoms with Gasteiger partial charge in [0.05, 0.1) is 35.1 Å². The van der Waals surface area contributed by atoms with Crippen molar-refractivity contribution in [1.82, 2.24) is 10.1 Å². The Hall–Kier alpha value is -3.97. The third kappa shape index (κ3) is 5.26. The summed E-state index contributed by atoms with van der Waals surface area (Å²) >= 11 is 0. The third-order valence-electron chi connectivity index (χ3n) is 6.44. The molecular weight excluding hydrogens is 549 g/mol. The summed E-state index contributed by atoms with van der Waals surface area (Å²) in [5.74, 6) is -1.48. The molecule has 5 rings (SSSR count). The highest BCUT2D eigenvalue weighted by Gasteiger charge is 2.37. The van der Waals surface area contributed by atoms with E-state index in [2.05, 4.69) is 14.7 Å². The molecule has 0 spiro atoms. The first-order valence-electron chi connectivity index (χ1n) is 12.2. The lowest BCUT2D eigenvalue weighted by atomic mass is 9.94. The van der Waals surface area contributed by atoms with Crippen molar-refractivity contribution in [3.63, 3.8) is 0 Å². The van der Waals surface area contributed by atoms with E-state index in [1.54, 1.807) is 24.4 Å². The highest BCUT2D eigenvalue weighted by Crippen LogP contribution is 2.37. The number of aromatic nitrogens is 2. The van der Waals surface area contributed by atoms with Gasteiger partial charge >= 0.3 is 6.18 Å². The van der Waals surface area contributed by atoms with Gasteiger partial charge in [-0.15, -0.1) is 0 Å². The number of hydrogen-bond acceptors (Lipinski definition) is 8. The molecule has 1 aliphatic heterocycles. The van der Waals surface area contributed by atoms with E-state index >= 15 is 0 Å². The summed E-state index contributed by atoms with van der Waals surface area (Å²) in [6.07, 6.45) is -3.06. The molecular formula is C27H25F3N4O5S. The van der Waals surface area contributed by atoms with Gasteiger partial charge in [-0.1, -0.05) is 50.2 Å². The van der Waals surface area contributed by atoms with Gasteiger partial charge in [0, 0.05) is 22.6 Å². The monoisotopic (exact) mass is 574 g/mol. The fourth-order valence-electron chi connectivity index (χ4n) is 4.27. The van der Waals surface area contributed by atoms with E-state index < -0.39 is 39.5 Å². The quantitative estimate of drug-likeness (QED) is 0.362. The number of benzene rings is 2. The molecule has 0 saturated heterocycles. The molecule has 1 amide bonds. The Balaban J connectivity index is 1.51. The number of halogens is 3. The zero-order valence-electron chi connectivity index (χ0n) is 21.7. The number of nitrogens with zero attached hydrogens (tertiary/aromatic N) is 3. The lowest BCUT2D eigenvalue weighted by Crippen LogP contribution is -2.45. The number of rotatable bonds is 4. The van der Waals surface area contributed by atoms with E-state index in [0.717, 1.165) is 6.07 Å². The number of oxazole rings is 1. The molecule has 0 radical (unpaired) electrons. The molecule has 2 N–H and O–H groups in total. The summed E-state index contributed by atoms with van der Waals surface area (Å²) in [5.41, 5.74) is 7.23. The van der Waals surface area contributed by atoms with Crippen molar-refractivity contribution < 1.29 is 35.3 Å². The highest BCUT2D eigenvalue weighted by molar-refractivity contribution is 7.91. The van der Waals surface area contributed by atoms with Crippen molar-refractivity contribution in [2.45, 2.75) is 49.8 Å². The minimum absolute atomic E-state index is 0.00611. The van der Waals surface area contributed by atoms with E-state index in [-0.39, 0.29) is 34.1 Å². The van der Waals surface area contributed by atoms with E-state index in [1.807, 2.05) is 20.8 Å². The van der Waals surface area contributed by atoms with Gasteiger partial charge in [-0.25, -0.2) is 13.4 Å². The normalized spacial score (nSPS) is 17.5. The second-order valence-electron chi connectivity index (χ2n) is 10.5. The van der Waals surface area contributed by atoms with Gasteiger partial charge in [-0.05, 0) is 23.8 Å². The van der Waals surface area contributed by atoms with Crippen LogP contribution in [0.2, 0.25) is 0 Å². The van der Waals surface area contributed by atoms with Crippen LogP contribution in [0, 0.1) is 0 Å². The van der Waals surface area contributed by atoms with E-state index in [9.17, 15) is 26.4 Å². The van der Waals surface area contributed by atoms with Crippen LogP contribution in [-0.2, 0) is 32.8 Å². The molecule has 1 aliphatic rings. The molecule has 1 atom stereocenters. The number of alkyl halides is 3. The van der Waals surface area contributed by atoms with Gasteiger partial charge in [-0.3, -0.25) is 4.79 Å². The summed E-state index contributed by atoms with van der Waals surface area (Å²) < 4.78 is 75.2. The SMILES string of the molecule is CC(C)(C)c1cnc(-c2ccc3c(c2)N(Cc2ccc(-c4cc(C(F)(F)F)on4)cc2)C(=O)[C@@H](N)CS3(=O)=O)o1. The second kappa shape index (κ2) is 9.59. The Morgan fingerprint density at radius 2 is 1.70 bits per heavy atom. The summed E-state index contributed by atoms with van der Waals surface area (Å²) in [6, 6.07) is 10.3. The molecule has 0 unspecified atom stereocenters. The largest absolute Gasteiger partial charge is 0.452 e. The zero-order valence-corrected chi connectivity index (χ0v) is 22.5. The molecule has 2 aromatic carbocycles. The number of carbonyl (C=O) groups excluding carboxylic acids is 1. The Labute approximate surface area is 227 Å². The molecule has 0 fully saturated rings. The van der Waals surface area contributed by atoms with Crippen LogP contribution < -0.4 is 10.6 Å². The minimum Gasteiger partial charge on any atom is -0.441 e. The van der Waals surface area contributed by atoms with Gasteiger partial charge < -0.3 is 19.6 Å². The van der Waals surface area contributed by atoms with Crippen LogP contribution in [0.3, 0.4) is 0 Å². The standard InChI is InChI=1S/C27H25F3N4O5S/c1-26(2,3)23-12-32-24(38-23)17-8-9-21-20(10-17)34(25(35)18(31)14-40(21,36)37)13-15-4-6-16(7-5-15)19-11-22(39-33-19)27(28,29)30/h4-12,18H,13-14,31H2,1-3H3/t18-/m0/s1. The van der Waals surface area contributed by atoms with Crippen LogP contribution in [0.1, 0.15) is 37.9 Å². The number of sulfone groups is 1. The Morgan fingerprint density at radius 3 is 2.30 bits per heavy atom. The molecule has 0 bridgehead atoms. The average Bonchev–Trinajstić information content (AvgIpc) is 3.56. The molecule has 9 nitrogen and oxygen atoms in total. The summed E-state index contributed by atoms with van der Waals surface area (Å²) in [4.78, 5) is 18.9. The number of carbonyl (C=O) groups is 1. The second-order valence-corrected chi connectivity index (χ2v) is 12.5. The first-order chi connectivity index (χ1) is 18.6. The molecule has 0 aliphatic carbocycles. The molecule has 13 heteroatoms. The maximum Gasteiger partial charge on any atom is 0.452 e. The van der Waals surface area contributed by atoms with Gasteiger partial charge in [0.2, 0.25) is 17.6 Å². The van der Waals surface area contributed by atoms with E-state index in [0.29, 0.717) is 22.5 Å². The Morgan fingerprint density at radius 1 is 1.02 bits per heavy atom. The highest BCUT2D eigenvalue weighted by atomic mass is 32.2. The molecule has 2 aromatic heterocycles. The zero-order chi connectivity index (χ0) is 29.0. The number of fused-ring (bicyclic) bond motifs is 1. The van der Waals surface area contributed by atoms with Gasteiger partial charge in [0.25, 0.3) is 0 Å². The van der Waals surface area contributed by atoms with Crippen molar-refractivity contribution in [3.05, 3.63) is 71.8 Å². The smallest absolute Gasteiger partial charge is 0.441 e. The first kappa shape index (κ1) is 27.6. The predicted molar refractivity (Wildman–Crippen MR) is 139 cm³/mol. The van der Waals surface area contributed by atoms with Gasteiger partial charge in [0.1, 0.15) is 11.5 Å². The number of amides is 1. The van der Waals surface area contributed by atoms with Crippen molar-refractivity contribution >= 4 is 21.4 Å². The maximum absolute atomic E-state index is 13.3. The average molecular weight is 575 g/mol. The fourth-order valence-corrected chi connectivity index (χ4v) is 5.82. The summed E-state index contributed by atoms with van der Waals surface area (Å²) in [6.45, 7) is 5.84. The Kier molecular flexibility index (Phi) is 6.62. The minimum atomic E-state index is -4.66. The third-order valence-corrected chi connectivity index (χ3v) is 8.25. The number of hydrogen-bond donors (Lipinski definition) is 1. The maximum atomic E-state index is 13.3. The van der Waals surface area contributed by atoms with Crippen LogP contribution in [-0.4, -0.2) is 36.3 Å². The van der Waals surface area contributed by atoms with E-state index in [4.69, 9.17) is 10.2 Å². The fraction of sp³-hybridized carbons (Fsp3) is 0.296. The van der Waals surface area contributed by atoms with Crippen molar-refractivity contribution in [3.8, 4) is 22.7 Å². The van der Waals surface area contributed by atoms with Gasteiger partial charge in [-0.2, -0.15) is 13.2 Å². The van der Waals surface area contributed by atoms with Crippen molar-refractivity contribution in [1.29, 1.82) is 0 Å². The molecule has 0 saturated carbocycles. The molecule has 40 heavy (non-hydrogen) atoms. The number of nitrogens with two attached hydrogens (primary N) is 1. The summed E-state index contributed by atoms with van der Waals surface area (Å²) in [5, 5.41) is 3.48. The lowest BCUT2D eigenvalue weighted by Gasteiger charge is -2.24. The first-order valence-corrected chi connectivity index (χ1v) is 13.8. The number of anilines is 1. The van der Waals surface area contributed by atoms with Crippen LogP contribution in [0.25, 0.3) is 22.7 Å². The van der Waals surface area contributed by atoms with Crippen LogP contribution in [0.5, 0.6) is 0 Å². The van der Waals surface area contributed by atoms with Gasteiger partial charge in [0.15, 0.2) is 9.84 Å². The molecule has 210 valence electrons. The van der Waals surface area contributed by atoms with Crippen LogP contribution in [0.15, 0.2) is 68.6 Å². The van der Waals surface area contributed by atoms with Crippen molar-refractivity contribution in [2.24, 2.45) is 5.73 Å². The van der Waals surface area contributed by atoms with Crippen LogP contribution in [0.4, 0.5) is 18.9 Å². The molecule has 3 heterocycles. The van der Waals surface area contributed by atoms with E-state index in [1.165, 1.54) is 29.2 Å². The van der Waals surface area contributed by atoms with Crippen LogP contribution >= 0.6 is 0 Å². The predicted octanol–water partition coefficient (Wildman–Crippen LogP) is 4.96. The summed E-state index contributed by atoms with van der Waals surface area (Å²) in [7, 11) is -3.90. The topological polar surface area (TPSA) is 133 Å². The Bertz CT molecular complexity index is 1690.